The van der Waals surface area contributed by atoms with Gasteiger partial charge in [0.15, 0.2) is 5.60 Å². The third-order valence-electron chi connectivity index (χ3n) is 2.71. The topological polar surface area (TPSA) is 73.6 Å². The summed E-state index contributed by atoms with van der Waals surface area (Å²) in [5.74, 6) is -0.662. The second kappa shape index (κ2) is 6.32. The summed E-state index contributed by atoms with van der Waals surface area (Å²) in [6, 6.07) is 9.28. The molecule has 5 heteroatoms. The van der Waals surface area contributed by atoms with Crippen molar-refractivity contribution in [2.45, 2.75) is 19.1 Å². The molecule has 0 aromatic heterocycles. The summed E-state index contributed by atoms with van der Waals surface area (Å²) in [5.41, 5.74) is -0.0103. The van der Waals surface area contributed by atoms with E-state index in [4.69, 9.17) is 5.26 Å². The fourth-order valence-electron chi connectivity index (χ4n) is 1.92. The van der Waals surface area contributed by atoms with E-state index in [1.807, 2.05) is 6.07 Å². The minimum atomic E-state index is -1.55. The Morgan fingerprint density at radius 2 is 2.26 bits per heavy atom. The Balaban J connectivity index is 2.67. The molecule has 1 atom stereocenters. The predicted octanol–water partition coefficient (Wildman–Crippen LogP) is 0.914. The van der Waals surface area contributed by atoms with Crippen molar-refractivity contribution in [3.8, 4) is 6.07 Å². The number of carbonyl (C=O) groups is 1. The van der Waals surface area contributed by atoms with Gasteiger partial charge in [0.1, 0.15) is 0 Å². The number of nitrogens with zero attached hydrogens (tertiary/aromatic N) is 2. The number of benzene rings is 1. The average molecular weight is 262 g/mol. The van der Waals surface area contributed by atoms with Crippen LogP contribution in [0.3, 0.4) is 0 Å². The Morgan fingerprint density at radius 3 is 2.84 bits per heavy atom. The predicted molar refractivity (Wildman–Crippen MR) is 70.1 cm³/mol. The van der Waals surface area contributed by atoms with Crippen molar-refractivity contribution in [3.63, 3.8) is 0 Å². The van der Waals surface area contributed by atoms with Gasteiger partial charge in [-0.05, 0) is 31.7 Å². The van der Waals surface area contributed by atoms with Gasteiger partial charge in [-0.15, -0.1) is 0 Å². The third-order valence-corrected chi connectivity index (χ3v) is 2.71. The van der Waals surface area contributed by atoms with E-state index in [0.717, 1.165) is 5.56 Å². The lowest BCUT2D eigenvalue weighted by molar-refractivity contribution is -0.162. The van der Waals surface area contributed by atoms with Crippen LogP contribution in [-0.2, 0) is 16.1 Å². The van der Waals surface area contributed by atoms with Crippen LogP contribution >= 0.6 is 0 Å². The lowest BCUT2D eigenvalue weighted by Gasteiger charge is -2.26. The highest BCUT2D eigenvalue weighted by atomic mass is 16.5. The Labute approximate surface area is 113 Å². The zero-order valence-electron chi connectivity index (χ0n) is 11.4. The SMILES string of the molecule is COC(=O)C(C)(O)CN(C)Cc1cccc(C#N)c1. The number of esters is 1. The first-order valence-corrected chi connectivity index (χ1v) is 5.87. The maximum absolute atomic E-state index is 11.4. The molecule has 1 aromatic carbocycles. The molecule has 0 aliphatic carbocycles. The highest BCUT2D eigenvalue weighted by Crippen LogP contribution is 2.11. The van der Waals surface area contributed by atoms with Crippen molar-refractivity contribution in [1.82, 2.24) is 4.90 Å². The van der Waals surface area contributed by atoms with E-state index in [0.29, 0.717) is 12.1 Å². The van der Waals surface area contributed by atoms with Crippen molar-refractivity contribution in [1.29, 1.82) is 5.26 Å². The number of aliphatic hydroxyl groups is 1. The van der Waals surface area contributed by atoms with Crippen LogP contribution in [0.2, 0.25) is 0 Å². The number of likely N-dealkylation sites (N-methyl/N-ethyl adjacent to an activating group) is 1. The summed E-state index contributed by atoms with van der Waals surface area (Å²) < 4.78 is 4.54. The largest absolute Gasteiger partial charge is 0.467 e. The van der Waals surface area contributed by atoms with Crippen molar-refractivity contribution in [2.75, 3.05) is 20.7 Å². The lowest BCUT2D eigenvalue weighted by atomic mass is 10.1. The fraction of sp³-hybridized carbons (Fsp3) is 0.429. The van der Waals surface area contributed by atoms with E-state index >= 15 is 0 Å². The summed E-state index contributed by atoms with van der Waals surface area (Å²) in [5, 5.41) is 18.8. The standard InChI is InChI=1S/C14H18N2O3/c1-14(18,13(17)19-3)10-16(2)9-12-6-4-5-11(7-12)8-15/h4-7,18H,9-10H2,1-3H3. The minimum absolute atomic E-state index is 0.149. The average Bonchev–Trinajstić information content (AvgIpc) is 2.37. The molecule has 1 rings (SSSR count). The van der Waals surface area contributed by atoms with Crippen LogP contribution in [0.15, 0.2) is 24.3 Å². The van der Waals surface area contributed by atoms with Crippen LogP contribution < -0.4 is 0 Å². The van der Waals surface area contributed by atoms with Crippen LogP contribution in [-0.4, -0.2) is 42.3 Å². The quantitative estimate of drug-likeness (QED) is 0.799. The van der Waals surface area contributed by atoms with Crippen molar-refractivity contribution >= 4 is 5.97 Å². The molecule has 0 aliphatic heterocycles. The van der Waals surface area contributed by atoms with Crippen molar-refractivity contribution in [2.24, 2.45) is 0 Å². The van der Waals surface area contributed by atoms with Gasteiger partial charge < -0.3 is 9.84 Å². The molecule has 0 spiro atoms. The molecule has 102 valence electrons. The number of nitriles is 1. The van der Waals surface area contributed by atoms with E-state index < -0.39 is 11.6 Å². The number of carbonyl (C=O) groups excluding carboxylic acids is 1. The molecule has 0 aliphatic rings. The number of hydrogen-bond donors (Lipinski definition) is 1. The fourth-order valence-corrected chi connectivity index (χ4v) is 1.92. The van der Waals surface area contributed by atoms with Gasteiger partial charge in [-0.2, -0.15) is 5.26 Å². The first kappa shape index (κ1) is 15.2. The molecule has 5 nitrogen and oxygen atoms in total. The summed E-state index contributed by atoms with van der Waals surface area (Å²) in [6.07, 6.45) is 0. The molecular weight excluding hydrogens is 244 g/mol. The second-order valence-corrected chi connectivity index (χ2v) is 4.75. The van der Waals surface area contributed by atoms with Gasteiger partial charge in [-0.3, -0.25) is 4.90 Å². The van der Waals surface area contributed by atoms with Crippen molar-refractivity contribution in [3.05, 3.63) is 35.4 Å². The molecule has 0 bridgehead atoms. The third kappa shape index (κ3) is 4.36. The van der Waals surface area contributed by atoms with Crippen molar-refractivity contribution < 1.29 is 14.6 Å². The molecule has 0 fully saturated rings. The normalized spacial score (nSPS) is 13.7. The molecule has 19 heavy (non-hydrogen) atoms. The zero-order valence-corrected chi connectivity index (χ0v) is 11.4. The van der Waals surface area contributed by atoms with Crippen LogP contribution in [0.1, 0.15) is 18.1 Å². The molecule has 1 aromatic rings. The van der Waals surface area contributed by atoms with Gasteiger partial charge in [0.25, 0.3) is 0 Å². The van der Waals surface area contributed by atoms with E-state index in [-0.39, 0.29) is 6.54 Å². The highest BCUT2D eigenvalue weighted by Gasteiger charge is 2.32. The zero-order chi connectivity index (χ0) is 14.5. The van der Waals surface area contributed by atoms with Crippen LogP contribution in [0.25, 0.3) is 0 Å². The summed E-state index contributed by atoms with van der Waals surface area (Å²) in [4.78, 5) is 13.2. The van der Waals surface area contributed by atoms with Crippen LogP contribution in [0.4, 0.5) is 0 Å². The lowest BCUT2D eigenvalue weighted by Crippen LogP contribution is -2.46. The Kier molecular flexibility index (Phi) is 5.04. The Bertz CT molecular complexity index is 492. The first-order valence-electron chi connectivity index (χ1n) is 5.87. The smallest absolute Gasteiger partial charge is 0.338 e. The van der Waals surface area contributed by atoms with Gasteiger partial charge in [-0.1, -0.05) is 12.1 Å². The molecular formula is C14H18N2O3. The Morgan fingerprint density at radius 1 is 1.58 bits per heavy atom. The maximum Gasteiger partial charge on any atom is 0.338 e. The summed E-state index contributed by atoms with van der Waals surface area (Å²) in [7, 11) is 3.03. The minimum Gasteiger partial charge on any atom is -0.467 e. The van der Waals surface area contributed by atoms with Crippen LogP contribution in [0, 0.1) is 11.3 Å². The molecule has 0 heterocycles. The highest BCUT2D eigenvalue weighted by molar-refractivity contribution is 5.78. The molecule has 0 amide bonds. The molecule has 0 saturated carbocycles. The summed E-state index contributed by atoms with van der Waals surface area (Å²) in [6.45, 7) is 2.10. The Hall–Kier alpha value is -1.90. The summed E-state index contributed by atoms with van der Waals surface area (Å²) >= 11 is 0. The molecule has 1 unspecified atom stereocenters. The second-order valence-electron chi connectivity index (χ2n) is 4.75. The number of hydrogen-bond acceptors (Lipinski definition) is 5. The molecule has 0 radical (unpaired) electrons. The van der Waals surface area contributed by atoms with Gasteiger partial charge in [0.05, 0.1) is 18.7 Å². The van der Waals surface area contributed by atoms with Crippen LogP contribution in [0.5, 0.6) is 0 Å². The van der Waals surface area contributed by atoms with Gasteiger partial charge >= 0.3 is 5.97 Å². The monoisotopic (exact) mass is 262 g/mol. The van der Waals surface area contributed by atoms with E-state index in [2.05, 4.69) is 10.8 Å². The maximum atomic E-state index is 11.4. The number of rotatable bonds is 5. The molecule has 1 N–H and O–H groups in total. The number of methoxy groups -OCH3 is 1. The van der Waals surface area contributed by atoms with E-state index in [9.17, 15) is 9.90 Å². The van der Waals surface area contributed by atoms with E-state index in [1.54, 1.807) is 30.1 Å². The van der Waals surface area contributed by atoms with Gasteiger partial charge in [0.2, 0.25) is 0 Å². The number of ether oxygens (including phenoxy) is 1. The first-order chi connectivity index (χ1) is 8.89. The van der Waals surface area contributed by atoms with Gasteiger partial charge in [0, 0.05) is 13.1 Å². The van der Waals surface area contributed by atoms with Gasteiger partial charge in [-0.25, -0.2) is 4.79 Å². The van der Waals surface area contributed by atoms with E-state index in [1.165, 1.54) is 14.0 Å². The molecule has 0 saturated heterocycles.